The highest BCUT2D eigenvalue weighted by atomic mass is 32.2. The molecule has 0 N–H and O–H groups in total. The maximum absolute atomic E-state index is 3.99. The highest BCUT2D eigenvalue weighted by Gasteiger charge is 2.00. The van der Waals surface area contributed by atoms with Gasteiger partial charge in [0, 0.05) is 4.90 Å². The average Bonchev–Trinajstić information content (AvgIpc) is 2.19. The van der Waals surface area contributed by atoms with Crippen molar-refractivity contribution in [3.05, 3.63) is 35.2 Å². The molecule has 0 saturated heterocycles. The van der Waals surface area contributed by atoms with E-state index in [-0.39, 0.29) is 0 Å². The number of allylic oxidation sites excluding steroid dienone is 2. The summed E-state index contributed by atoms with van der Waals surface area (Å²) in [6.45, 7) is 7.82. The van der Waals surface area contributed by atoms with Crippen molar-refractivity contribution < 1.29 is 0 Å². The molecule has 0 bridgehead atoms. The summed E-state index contributed by atoms with van der Waals surface area (Å²) in [4.78, 5) is 6.47. The Morgan fingerprint density at radius 2 is 2.21 bits per heavy atom. The molecule has 1 nitrogen and oxygen atoms in total. The molecular weight excluding hydrogens is 190 g/mol. The number of aliphatic imine (C=N–C) groups is 1. The Bertz CT molecular complexity index is 342. The second kappa shape index (κ2) is 5.66. The third-order valence-corrected chi connectivity index (χ3v) is 2.85. The molecule has 0 aromatic heterocycles. The number of hydrogen-bond donors (Lipinski definition) is 0. The van der Waals surface area contributed by atoms with E-state index in [2.05, 4.69) is 37.7 Å². The third kappa shape index (κ3) is 3.04. The van der Waals surface area contributed by atoms with Crippen LogP contribution in [-0.2, 0) is 0 Å². The van der Waals surface area contributed by atoms with Gasteiger partial charge in [0.1, 0.15) is 0 Å². The van der Waals surface area contributed by atoms with Gasteiger partial charge in [0.2, 0.25) is 0 Å². The summed E-state index contributed by atoms with van der Waals surface area (Å²) in [5, 5.41) is 0. The molecule has 1 aromatic carbocycles. The van der Waals surface area contributed by atoms with Crippen molar-refractivity contribution in [3.8, 4) is 0 Å². The zero-order valence-corrected chi connectivity index (χ0v) is 9.47. The molecule has 0 radical (unpaired) electrons. The number of hydrogen-bond acceptors (Lipinski definition) is 2. The summed E-state index contributed by atoms with van der Waals surface area (Å²) >= 11 is 1.75. The molecule has 2 heteroatoms. The Labute approximate surface area is 89.9 Å². The summed E-state index contributed by atoms with van der Waals surface area (Å²) in [5.41, 5.74) is 0.960. The van der Waals surface area contributed by atoms with Crippen LogP contribution in [0.25, 0.3) is 0 Å². The average molecular weight is 205 g/mol. The summed E-state index contributed by atoms with van der Waals surface area (Å²) in [6.07, 6.45) is 3.28. The molecule has 0 spiro atoms. The first kappa shape index (κ1) is 11.1. The van der Waals surface area contributed by atoms with Crippen molar-refractivity contribution >= 4 is 24.2 Å². The molecule has 0 aliphatic heterocycles. The van der Waals surface area contributed by atoms with Gasteiger partial charge in [0.05, 0.1) is 5.69 Å². The standard InChI is InChI=1S/C12H15NS/c1-4-7-10(2)14-12-9-6-5-8-11(12)13-3/h5-9H,3-4H2,1-2H3/b10-7+. The maximum Gasteiger partial charge on any atom is 0.0761 e. The van der Waals surface area contributed by atoms with Gasteiger partial charge in [-0.15, -0.1) is 0 Å². The highest BCUT2D eigenvalue weighted by Crippen LogP contribution is 2.33. The van der Waals surface area contributed by atoms with Crippen molar-refractivity contribution in [2.24, 2.45) is 4.99 Å². The van der Waals surface area contributed by atoms with Gasteiger partial charge in [-0.05, 0) is 37.1 Å². The molecule has 0 unspecified atom stereocenters. The van der Waals surface area contributed by atoms with Crippen LogP contribution in [0.3, 0.4) is 0 Å². The lowest BCUT2D eigenvalue weighted by Gasteiger charge is -2.04. The minimum atomic E-state index is 0.960. The van der Waals surface area contributed by atoms with E-state index < -0.39 is 0 Å². The van der Waals surface area contributed by atoms with Crippen LogP contribution < -0.4 is 0 Å². The van der Waals surface area contributed by atoms with E-state index in [1.807, 2.05) is 18.2 Å². The predicted octanol–water partition coefficient (Wildman–Crippen LogP) is 4.42. The highest BCUT2D eigenvalue weighted by molar-refractivity contribution is 8.03. The van der Waals surface area contributed by atoms with Crippen LogP contribution in [0.15, 0.2) is 45.1 Å². The Kier molecular flexibility index (Phi) is 4.47. The fourth-order valence-corrected chi connectivity index (χ4v) is 2.16. The molecule has 0 fully saturated rings. The molecule has 74 valence electrons. The van der Waals surface area contributed by atoms with E-state index in [1.54, 1.807) is 11.8 Å². The van der Waals surface area contributed by atoms with Crippen molar-refractivity contribution in [3.63, 3.8) is 0 Å². The van der Waals surface area contributed by atoms with E-state index in [4.69, 9.17) is 0 Å². The third-order valence-electron chi connectivity index (χ3n) is 1.80. The van der Waals surface area contributed by atoms with Crippen LogP contribution in [0, 0.1) is 0 Å². The molecule has 1 aromatic rings. The smallest absolute Gasteiger partial charge is 0.0761 e. The van der Waals surface area contributed by atoms with Crippen LogP contribution in [0.2, 0.25) is 0 Å². The quantitative estimate of drug-likeness (QED) is 0.523. The lowest BCUT2D eigenvalue weighted by atomic mass is 10.3. The number of rotatable bonds is 4. The lowest BCUT2D eigenvalue weighted by Crippen LogP contribution is -1.74. The molecule has 0 saturated carbocycles. The monoisotopic (exact) mass is 205 g/mol. The first-order chi connectivity index (χ1) is 6.77. The van der Waals surface area contributed by atoms with E-state index >= 15 is 0 Å². The van der Waals surface area contributed by atoms with Crippen LogP contribution in [0.4, 0.5) is 5.69 Å². The predicted molar refractivity (Wildman–Crippen MR) is 65.6 cm³/mol. The number of thioether (sulfide) groups is 1. The minimum absolute atomic E-state index is 0.960. The zero-order chi connectivity index (χ0) is 10.4. The van der Waals surface area contributed by atoms with E-state index in [0.717, 1.165) is 12.1 Å². The first-order valence-electron chi connectivity index (χ1n) is 4.68. The Balaban J connectivity index is 2.85. The normalized spacial score (nSPS) is 11.4. The largest absolute Gasteiger partial charge is 0.263 e. The van der Waals surface area contributed by atoms with Gasteiger partial charge < -0.3 is 0 Å². The molecule has 0 aliphatic carbocycles. The van der Waals surface area contributed by atoms with Crippen molar-refractivity contribution in [1.82, 2.24) is 0 Å². The molecule has 14 heavy (non-hydrogen) atoms. The first-order valence-corrected chi connectivity index (χ1v) is 5.50. The van der Waals surface area contributed by atoms with Crippen molar-refractivity contribution in [2.75, 3.05) is 0 Å². The van der Waals surface area contributed by atoms with Gasteiger partial charge in [-0.2, -0.15) is 0 Å². The second-order valence-electron chi connectivity index (χ2n) is 2.95. The fourth-order valence-electron chi connectivity index (χ4n) is 1.18. The lowest BCUT2D eigenvalue weighted by molar-refractivity contribution is 1.21. The summed E-state index contributed by atoms with van der Waals surface area (Å²) < 4.78 is 0. The molecule has 0 amide bonds. The van der Waals surface area contributed by atoms with Gasteiger partial charge in [-0.25, -0.2) is 0 Å². The van der Waals surface area contributed by atoms with Crippen LogP contribution >= 0.6 is 11.8 Å². The molecular formula is C12H15NS. The number of benzene rings is 1. The fraction of sp³-hybridized carbons (Fsp3) is 0.250. The van der Waals surface area contributed by atoms with Crippen LogP contribution in [0.5, 0.6) is 0 Å². The van der Waals surface area contributed by atoms with E-state index in [0.29, 0.717) is 0 Å². The zero-order valence-electron chi connectivity index (χ0n) is 8.66. The van der Waals surface area contributed by atoms with Gasteiger partial charge in [0.15, 0.2) is 0 Å². The second-order valence-corrected chi connectivity index (χ2v) is 4.24. The molecule has 0 atom stereocenters. The van der Waals surface area contributed by atoms with Crippen molar-refractivity contribution in [2.45, 2.75) is 25.2 Å². The number of para-hydroxylation sites is 1. The molecule has 0 heterocycles. The Morgan fingerprint density at radius 3 is 2.86 bits per heavy atom. The van der Waals surface area contributed by atoms with E-state index in [1.165, 1.54) is 9.80 Å². The number of nitrogens with zero attached hydrogens (tertiary/aromatic N) is 1. The maximum atomic E-state index is 3.99. The summed E-state index contributed by atoms with van der Waals surface area (Å²) in [7, 11) is 0. The minimum Gasteiger partial charge on any atom is -0.263 e. The van der Waals surface area contributed by atoms with E-state index in [9.17, 15) is 0 Å². The summed E-state index contributed by atoms with van der Waals surface area (Å²) in [6, 6.07) is 8.05. The van der Waals surface area contributed by atoms with Crippen LogP contribution in [0.1, 0.15) is 20.3 Å². The molecule has 0 aliphatic rings. The summed E-state index contributed by atoms with van der Waals surface area (Å²) in [5.74, 6) is 0. The Hall–Kier alpha value is -1.02. The van der Waals surface area contributed by atoms with Gasteiger partial charge in [0.25, 0.3) is 0 Å². The van der Waals surface area contributed by atoms with Gasteiger partial charge in [-0.1, -0.05) is 36.9 Å². The van der Waals surface area contributed by atoms with Gasteiger partial charge in [-0.3, -0.25) is 4.99 Å². The topological polar surface area (TPSA) is 12.4 Å². The Morgan fingerprint density at radius 1 is 1.50 bits per heavy atom. The van der Waals surface area contributed by atoms with Crippen molar-refractivity contribution in [1.29, 1.82) is 0 Å². The van der Waals surface area contributed by atoms with Crippen LogP contribution in [-0.4, -0.2) is 6.72 Å². The molecule has 1 rings (SSSR count). The SMILES string of the molecule is C=Nc1ccccc1S/C(C)=C/CC. The van der Waals surface area contributed by atoms with Gasteiger partial charge >= 0.3 is 0 Å².